The van der Waals surface area contributed by atoms with Gasteiger partial charge < -0.3 is 19.9 Å². The number of rotatable bonds is 3. The number of nitrogens with one attached hydrogen (secondary N) is 2. The Morgan fingerprint density at radius 1 is 1.08 bits per heavy atom. The average molecular weight is 335 g/mol. The van der Waals surface area contributed by atoms with Crippen molar-refractivity contribution in [3.8, 4) is 0 Å². The SMILES string of the molecule is Cc1[nH]c2ccccc2c1C(=O)Nc1ccccc1N1CCOCC1. The minimum Gasteiger partial charge on any atom is -0.378 e. The molecule has 2 N–H and O–H groups in total. The van der Waals surface area contributed by atoms with Crippen molar-refractivity contribution in [2.24, 2.45) is 0 Å². The summed E-state index contributed by atoms with van der Waals surface area (Å²) in [4.78, 5) is 18.5. The van der Waals surface area contributed by atoms with Gasteiger partial charge in [-0.15, -0.1) is 0 Å². The predicted molar refractivity (Wildman–Crippen MR) is 100 cm³/mol. The van der Waals surface area contributed by atoms with Crippen LogP contribution in [0.25, 0.3) is 10.9 Å². The molecule has 2 heterocycles. The van der Waals surface area contributed by atoms with E-state index in [4.69, 9.17) is 4.74 Å². The zero-order valence-corrected chi connectivity index (χ0v) is 14.2. The van der Waals surface area contributed by atoms with Crippen LogP contribution in [-0.4, -0.2) is 37.2 Å². The molecular weight excluding hydrogens is 314 g/mol. The van der Waals surface area contributed by atoms with E-state index in [0.717, 1.165) is 41.1 Å². The molecule has 0 aliphatic carbocycles. The van der Waals surface area contributed by atoms with Gasteiger partial charge in [-0.3, -0.25) is 4.79 Å². The number of carbonyl (C=O) groups excluding carboxylic acids is 1. The highest BCUT2D eigenvalue weighted by atomic mass is 16.5. The van der Waals surface area contributed by atoms with Gasteiger partial charge in [0.2, 0.25) is 0 Å². The molecule has 0 atom stereocenters. The molecule has 2 aromatic carbocycles. The molecule has 1 amide bonds. The number of carbonyl (C=O) groups is 1. The number of hydrogen-bond acceptors (Lipinski definition) is 3. The van der Waals surface area contributed by atoms with Crippen molar-refractivity contribution in [1.29, 1.82) is 0 Å². The first-order valence-corrected chi connectivity index (χ1v) is 8.54. The third-order valence-electron chi connectivity index (χ3n) is 4.62. The van der Waals surface area contributed by atoms with Crippen LogP contribution in [0.2, 0.25) is 0 Å². The molecule has 1 aromatic heterocycles. The Morgan fingerprint density at radius 2 is 1.80 bits per heavy atom. The first-order chi connectivity index (χ1) is 12.2. The summed E-state index contributed by atoms with van der Waals surface area (Å²) in [6, 6.07) is 15.8. The van der Waals surface area contributed by atoms with Gasteiger partial charge >= 0.3 is 0 Å². The fraction of sp³-hybridized carbons (Fsp3) is 0.250. The number of H-pyrrole nitrogens is 1. The van der Waals surface area contributed by atoms with Crippen LogP contribution in [0.1, 0.15) is 16.1 Å². The molecule has 1 saturated heterocycles. The second-order valence-corrected chi connectivity index (χ2v) is 6.24. The summed E-state index contributed by atoms with van der Waals surface area (Å²) in [6.45, 7) is 5.02. The largest absolute Gasteiger partial charge is 0.378 e. The number of aromatic amines is 1. The Hall–Kier alpha value is -2.79. The summed E-state index contributed by atoms with van der Waals surface area (Å²) in [5.74, 6) is -0.0874. The molecule has 1 aliphatic heterocycles. The topological polar surface area (TPSA) is 57.4 Å². The summed E-state index contributed by atoms with van der Waals surface area (Å²) in [5.41, 5.74) is 4.43. The third-order valence-corrected chi connectivity index (χ3v) is 4.62. The van der Waals surface area contributed by atoms with Crippen molar-refractivity contribution in [3.05, 3.63) is 59.8 Å². The highest BCUT2D eigenvalue weighted by Gasteiger charge is 2.19. The number of para-hydroxylation sites is 3. The summed E-state index contributed by atoms with van der Waals surface area (Å²) in [6.07, 6.45) is 0. The summed E-state index contributed by atoms with van der Waals surface area (Å²) in [5, 5.41) is 4.05. The van der Waals surface area contributed by atoms with Crippen LogP contribution < -0.4 is 10.2 Å². The van der Waals surface area contributed by atoms with Crippen LogP contribution >= 0.6 is 0 Å². The number of nitrogens with zero attached hydrogens (tertiary/aromatic N) is 1. The molecule has 128 valence electrons. The maximum Gasteiger partial charge on any atom is 0.258 e. The predicted octanol–water partition coefficient (Wildman–Crippen LogP) is 3.57. The van der Waals surface area contributed by atoms with Crippen LogP contribution in [0, 0.1) is 6.92 Å². The molecule has 3 aromatic rings. The molecule has 0 radical (unpaired) electrons. The van der Waals surface area contributed by atoms with Crippen LogP contribution in [0.5, 0.6) is 0 Å². The number of aromatic nitrogens is 1. The van der Waals surface area contributed by atoms with E-state index in [1.807, 2.05) is 55.5 Å². The Kier molecular flexibility index (Phi) is 4.15. The number of fused-ring (bicyclic) bond motifs is 1. The quantitative estimate of drug-likeness (QED) is 0.769. The lowest BCUT2D eigenvalue weighted by Gasteiger charge is -2.30. The lowest BCUT2D eigenvalue weighted by Crippen LogP contribution is -2.36. The fourth-order valence-electron chi connectivity index (χ4n) is 3.41. The van der Waals surface area contributed by atoms with Gasteiger partial charge in [0.1, 0.15) is 0 Å². The van der Waals surface area contributed by atoms with E-state index in [1.165, 1.54) is 0 Å². The monoisotopic (exact) mass is 335 g/mol. The van der Waals surface area contributed by atoms with Crippen LogP contribution in [-0.2, 0) is 4.74 Å². The van der Waals surface area contributed by atoms with Gasteiger partial charge in [0, 0.05) is 29.7 Å². The van der Waals surface area contributed by atoms with E-state index in [1.54, 1.807) is 0 Å². The Balaban J connectivity index is 1.66. The van der Waals surface area contributed by atoms with Gasteiger partial charge in [0.15, 0.2) is 0 Å². The number of aryl methyl sites for hydroxylation is 1. The van der Waals surface area contributed by atoms with Crippen molar-refractivity contribution in [2.45, 2.75) is 6.92 Å². The van der Waals surface area contributed by atoms with Crippen molar-refractivity contribution in [1.82, 2.24) is 4.98 Å². The van der Waals surface area contributed by atoms with E-state index in [2.05, 4.69) is 15.2 Å². The first-order valence-electron chi connectivity index (χ1n) is 8.54. The van der Waals surface area contributed by atoms with Crippen molar-refractivity contribution in [3.63, 3.8) is 0 Å². The second kappa shape index (κ2) is 6.61. The van der Waals surface area contributed by atoms with Gasteiger partial charge in [-0.25, -0.2) is 0 Å². The number of anilines is 2. The molecule has 5 nitrogen and oxygen atoms in total. The van der Waals surface area contributed by atoms with Crippen molar-refractivity contribution >= 4 is 28.2 Å². The van der Waals surface area contributed by atoms with Gasteiger partial charge in [-0.05, 0) is 25.1 Å². The van der Waals surface area contributed by atoms with Crippen LogP contribution in [0.4, 0.5) is 11.4 Å². The molecule has 4 rings (SSSR count). The van der Waals surface area contributed by atoms with Gasteiger partial charge in [-0.1, -0.05) is 30.3 Å². The number of amides is 1. The number of hydrogen-bond donors (Lipinski definition) is 2. The van der Waals surface area contributed by atoms with E-state index in [-0.39, 0.29) is 5.91 Å². The van der Waals surface area contributed by atoms with E-state index >= 15 is 0 Å². The minimum atomic E-state index is -0.0874. The summed E-state index contributed by atoms with van der Waals surface area (Å²) in [7, 11) is 0. The second-order valence-electron chi connectivity index (χ2n) is 6.24. The van der Waals surface area contributed by atoms with E-state index in [0.29, 0.717) is 18.8 Å². The van der Waals surface area contributed by atoms with Crippen molar-refractivity contribution in [2.75, 3.05) is 36.5 Å². The molecule has 0 unspecified atom stereocenters. The lowest BCUT2D eigenvalue weighted by molar-refractivity contribution is 0.102. The normalized spacial score (nSPS) is 14.7. The van der Waals surface area contributed by atoms with Gasteiger partial charge in [0.05, 0.1) is 30.2 Å². The first kappa shape index (κ1) is 15.7. The Morgan fingerprint density at radius 3 is 2.64 bits per heavy atom. The average Bonchev–Trinajstić information content (AvgIpc) is 2.98. The lowest BCUT2D eigenvalue weighted by atomic mass is 10.1. The third kappa shape index (κ3) is 2.98. The van der Waals surface area contributed by atoms with E-state index < -0.39 is 0 Å². The molecule has 0 saturated carbocycles. The molecule has 0 spiro atoms. The molecular formula is C20H21N3O2. The maximum absolute atomic E-state index is 13.0. The zero-order chi connectivity index (χ0) is 17.2. The molecule has 1 aliphatic rings. The van der Waals surface area contributed by atoms with Gasteiger partial charge in [-0.2, -0.15) is 0 Å². The van der Waals surface area contributed by atoms with Crippen LogP contribution in [0.3, 0.4) is 0 Å². The molecule has 0 bridgehead atoms. The van der Waals surface area contributed by atoms with Crippen LogP contribution in [0.15, 0.2) is 48.5 Å². The molecule has 1 fully saturated rings. The molecule has 25 heavy (non-hydrogen) atoms. The summed E-state index contributed by atoms with van der Waals surface area (Å²) < 4.78 is 5.43. The highest BCUT2D eigenvalue weighted by molar-refractivity contribution is 6.14. The minimum absolute atomic E-state index is 0.0874. The number of morpholine rings is 1. The molecule has 5 heteroatoms. The van der Waals surface area contributed by atoms with E-state index in [9.17, 15) is 4.79 Å². The Labute approximate surface area is 146 Å². The fourth-order valence-corrected chi connectivity index (χ4v) is 3.41. The Bertz CT molecular complexity index is 910. The van der Waals surface area contributed by atoms with Crippen molar-refractivity contribution < 1.29 is 9.53 Å². The maximum atomic E-state index is 13.0. The smallest absolute Gasteiger partial charge is 0.258 e. The standard InChI is InChI=1S/C20H21N3O2/c1-14-19(15-6-2-3-7-16(15)21-14)20(24)22-17-8-4-5-9-18(17)23-10-12-25-13-11-23/h2-9,21H,10-13H2,1H3,(H,22,24). The van der Waals surface area contributed by atoms with Gasteiger partial charge in [0.25, 0.3) is 5.91 Å². The number of benzene rings is 2. The number of ether oxygens (including phenoxy) is 1. The highest BCUT2D eigenvalue weighted by Crippen LogP contribution is 2.28. The summed E-state index contributed by atoms with van der Waals surface area (Å²) >= 11 is 0. The zero-order valence-electron chi connectivity index (χ0n) is 14.2.